The molecular weight excluding hydrogens is 337 g/mol. The van der Waals surface area contributed by atoms with Gasteiger partial charge in [0.25, 0.3) is 0 Å². The number of hydrogen-bond donors (Lipinski definition) is 1. The van der Waals surface area contributed by atoms with Crippen LogP contribution in [0.5, 0.6) is 0 Å². The minimum atomic E-state index is -1.09. The van der Waals surface area contributed by atoms with E-state index in [1.165, 1.54) is 0 Å². The Morgan fingerprint density at radius 1 is 0.933 bits per heavy atom. The monoisotopic (exact) mass is 359 g/mol. The molecule has 0 heterocycles. The Bertz CT molecular complexity index is 177. The van der Waals surface area contributed by atoms with Crippen molar-refractivity contribution in [2.45, 2.75) is 56.3 Å². The molecular formula is C10H22Cl2NPRu+2. The number of alkyl halides is 2. The molecule has 15 heavy (non-hydrogen) atoms. The van der Waals surface area contributed by atoms with Gasteiger partial charge in [-0.3, -0.25) is 5.73 Å². The smallest absolute Gasteiger partial charge is 0.300 e. The standard InChI is InChI=1S/C10H22Cl2NP.Ru/c1-8(2,3)14(9(4,5)6)7-10(11,12)13;/h7,13H2,1-6H3;/q;+2. The van der Waals surface area contributed by atoms with E-state index in [4.69, 9.17) is 28.9 Å². The molecule has 0 aromatic rings. The van der Waals surface area contributed by atoms with Gasteiger partial charge in [0.05, 0.1) is 0 Å². The molecule has 5 heteroatoms. The molecule has 0 aromatic heterocycles. The second kappa shape index (κ2) is 5.97. The second-order valence-corrected chi connectivity index (χ2v) is 11.1. The van der Waals surface area contributed by atoms with Crippen molar-refractivity contribution in [3.63, 3.8) is 0 Å². The third-order valence-corrected chi connectivity index (χ3v) is 6.68. The average molecular weight is 359 g/mol. The zero-order valence-electron chi connectivity index (χ0n) is 10.3. The summed E-state index contributed by atoms with van der Waals surface area (Å²) < 4.78 is -1.09. The maximum absolute atomic E-state index is 5.90. The first kappa shape index (κ1) is 18.9. The second-order valence-electron chi connectivity index (χ2n) is 5.69. The Kier molecular flexibility index (Phi) is 7.54. The van der Waals surface area contributed by atoms with Gasteiger partial charge < -0.3 is 0 Å². The van der Waals surface area contributed by atoms with Crippen LogP contribution in [0.15, 0.2) is 0 Å². The molecule has 0 aliphatic heterocycles. The van der Waals surface area contributed by atoms with Crippen LogP contribution in [0.1, 0.15) is 41.5 Å². The summed E-state index contributed by atoms with van der Waals surface area (Å²) in [7, 11) is -0.320. The fraction of sp³-hybridized carbons (Fsp3) is 1.00. The summed E-state index contributed by atoms with van der Waals surface area (Å²) in [6.45, 7) is 13.4. The van der Waals surface area contributed by atoms with Gasteiger partial charge in [-0.25, -0.2) is 0 Å². The van der Waals surface area contributed by atoms with Crippen molar-refractivity contribution in [3.05, 3.63) is 0 Å². The molecule has 0 saturated carbocycles. The van der Waals surface area contributed by atoms with Crippen LogP contribution >= 0.6 is 31.1 Å². The van der Waals surface area contributed by atoms with Crippen LogP contribution in [0.4, 0.5) is 0 Å². The first-order valence-corrected chi connectivity index (χ1v) is 7.07. The Hall–Kier alpha value is 1.59. The largest absolute Gasteiger partial charge is 2.00 e. The van der Waals surface area contributed by atoms with Gasteiger partial charge >= 0.3 is 19.5 Å². The molecule has 0 radical (unpaired) electrons. The van der Waals surface area contributed by atoms with E-state index >= 15 is 0 Å². The Morgan fingerprint density at radius 2 is 1.20 bits per heavy atom. The van der Waals surface area contributed by atoms with Crippen LogP contribution in [-0.4, -0.2) is 20.9 Å². The van der Waals surface area contributed by atoms with E-state index in [0.717, 1.165) is 0 Å². The molecule has 0 aliphatic carbocycles. The van der Waals surface area contributed by atoms with E-state index in [-0.39, 0.29) is 37.7 Å². The molecule has 0 fully saturated rings. The van der Waals surface area contributed by atoms with Crippen LogP contribution in [-0.2, 0) is 19.5 Å². The summed E-state index contributed by atoms with van der Waals surface area (Å²) in [6, 6.07) is 0. The fourth-order valence-corrected chi connectivity index (χ4v) is 5.79. The molecule has 0 unspecified atom stereocenters. The van der Waals surface area contributed by atoms with E-state index in [1.54, 1.807) is 0 Å². The summed E-state index contributed by atoms with van der Waals surface area (Å²) in [4.78, 5) is 0. The van der Waals surface area contributed by atoms with Crippen LogP contribution in [0.2, 0.25) is 0 Å². The van der Waals surface area contributed by atoms with Crippen LogP contribution in [0.3, 0.4) is 0 Å². The number of hydrogen-bond acceptors (Lipinski definition) is 1. The molecule has 0 atom stereocenters. The van der Waals surface area contributed by atoms with E-state index in [2.05, 4.69) is 41.5 Å². The zero-order chi connectivity index (χ0) is 11.8. The number of nitrogens with two attached hydrogens (primary N) is 1. The topological polar surface area (TPSA) is 26.0 Å². The van der Waals surface area contributed by atoms with Crippen molar-refractivity contribution >= 4 is 31.1 Å². The Labute approximate surface area is 118 Å². The molecule has 0 bridgehead atoms. The van der Waals surface area contributed by atoms with Gasteiger partial charge in [-0.1, -0.05) is 72.7 Å². The van der Waals surface area contributed by atoms with Gasteiger partial charge in [0.1, 0.15) is 0 Å². The van der Waals surface area contributed by atoms with Crippen LogP contribution < -0.4 is 5.73 Å². The summed E-state index contributed by atoms with van der Waals surface area (Å²) in [5, 5.41) is 0.448. The van der Waals surface area contributed by atoms with E-state index in [9.17, 15) is 0 Å². The van der Waals surface area contributed by atoms with Crippen molar-refractivity contribution in [3.8, 4) is 0 Å². The minimum Gasteiger partial charge on any atom is -0.300 e. The summed E-state index contributed by atoms with van der Waals surface area (Å²) in [5.41, 5.74) is 5.68. The van der Waals surface area contributed by atoms with Gasteiger partial charge in [0, 0.05) is 6.16 Å². The third kappa shape index (κ3) is 8.33. The maximum Gasteiger partial charge on any atom is 2.00 e. The zero-order valence-corrected chi connectivity index (χ0v) is 14.5. The van der Waals surface area contributed by atoms with Crippen molar-refractivity contribution in [2.75, 3.05) is 6.16 Å². The van der Waals surface area contributed by atoms with Gasteiger partial charge in [0.15, 0.2) is 4.46 Å². The molecule has 2 N–H and O–H groups in total. The van der Waals surface area contributed by atoms with E-state index in [0.29, 0.717) is 6.16 Å². The Balaban J connectivity index is 0. The van der Waals surface area contributed by atoms with Gasteiger partial charge in [-0.15, -0.1) is 0 Å². The quantitative estimate of drug-likeness (QED) is 0.341. The minimum absolute atomic E-state index is 0. The van der Waals surface area contributed by atoms with Crippen molar-refractivity contribution < 1.29 is 19.5 Å². The molecule has 1 nitrogen and oxygen atoms in total. The van der Waals surface area contributed by atoms with Gasteiger partial charge in [0.2, 0.25) is 0 Å². The van der Waals surface area contributed by atoms with Crippen molar-refractivity contribution in [2.24, 2.45) is 5.73 Å². The summed E-state index contributed by atoms with van der Waals surface area (Å²) in [6.07, 6.45) is 0.679. The average Bonchev–Trinajstić information content (AvgIpc) is 1.75. The van der Waals surface area contributed by atoms with E-state index in [1.807, 2.05) is 0 Å². The molecule has 0 saturated heterocycles. The third-order valence-electron chi connectivity index (χ3n) is 1.99. The normalized spacial score (nSPS) is 14.0. The number of rotatable bonds is 2. The first-order valence-electron chi connectivity index (χ1n) is 4.78. The van der Waals surface area contributed by atoms with Crippen LogP contribution in [0.25, 0.3) is 0 Å². The molecule has 0 aromatic carbocycles. The van der Waals surface area contributed by atoms with Crippen molar-refractivity contribution in [1.29, 1.82) is 0 Å². The van der Waals surface area contributed by atoms with E-state index < -0.39 is 4.46 Å². The first-order chi connectivity index (χ1) is 5.84. The fourth-order valence-electron chi connectivity index (χ4n) is 1.69. The molecule has 0 spiro atoms. The molecule has 0 rings (SSSR count). The predicted octanol–water partition coefficient (Wildman–Crippen LogP) is 4.15. The molecule has 92 valence electrons. The van der Waals surface area contributed by atoms with Crippen molar-refractivity contribution in [1.82, 2.24) is 0 Å². The summed E-state index contributed by atoms with van der Waals surface area (Å²) in [5.74, 6) is 0. The summed E-state index contributed by atoms with van der Waals surface area (Å²) >= 11 is 11.8. The SMILES string of the molecule is CC(C)(C)P(CC(N)(Cl)Cl)C(C)(C)C.[Ru+2]. The number of halogens is 2. The molecule has 0 amide bonds. The van der Waals surface area contributed by atoms with Crippen LogP contribution in [0, 0.1) is 0 Å². The molecule has 0 aliphatic rings. The van der Waals surface area contributed by atoms with Gasteiger partial charge in [-0.2, -0.15) is 0 Å². The van der Waals surface area contributed by atoms with Gasteiger partial charge in [-0.05, 0) is 10.3 Å². The maximum atomic E-state index is 5.90. The Morgan fingerprint density at radius 3 is 1.27 bits per heavy atom. The predicted molar refractivity (Wildman–Crippen MR) is 69.9 cm³/mol.